The van der Waals surface area contributed by atoms with E-state index in [0.717, 1.165) is 17.5 Å². The molecule has 2 aromatic carbocycles. The lowest BCUT2D eigenvalue weighted by Gasteiger charge is -2.29. The predicted molar refractivity (Wildman–Crippen MR) is 146 cm³/mol. The standard InChI is InChI=1S/C28H28ClN5O4/c1-2-32-24(16-25(35)34-17-22(31-28(32)34)19-10-12-20(29)13-11-19)33-14-6-9-23(33)26(36)30-21(27(37)38)15-18-7-4-3-5-8-18/h3-5,7-8,10-13,16-17,21,23H,2,6,9,14-15H2,1H3,(H,30,36)(H,37,38)/t21-,23-/m0/s1. The first kappa shape index (κ1) is 25.5. The fourth-order valence-electron chi connectivity index (χ4n) is 5.02. The van der Waals surface area contributed by atoms with Crippen molar-refractivity contribution in [2.24, 2.45) is 0 Å². The van der Waals surface area contributed by atoms with Gasteiger partial charge in [0.1, 0.15) is 17.9 Å². The second kappa shape index (κ2) is 10.7. The number of amides is 1. The van der Waals surface area contributed by atoms with Gasteiger partial charge >= 0.3 is 5.97 Å². The number of benzene rings is 2. The molecule has 1 aliphatic heterocycles. The topological polar surface area (TPSA) is 109 Å². The molecule has 196 valence electrons. The first-order chi connectivity index (χ1) is 18.4. The molecule has 2 N–H and O–H groups in total. The molecule has 2 atom stereocenters. The molecule has 1 aliphatic rings. The highest BCUT2D eigenvalue weighted by Gasteiger charge is 2.35. The number of carbonyl (C=O) groups excluding carboxylic acids is 1. The average molecular weight is 534 g/mol. The zero-order valence-corrected chi connectivity index (χ0v) is 21.6. The third-order valence-corrected chi connectivity index (χ3v) is 7.15. The van der Waals surface area contributed by atoms with E-state index in [1.165, 1.54) is 10.5 Å². The zero-order chi connectivity index (χ0) is 26.8. The predicted octanol–water partition coefficient (Wildman–Crippen LogP) is 3.62. The number of hydrogen-bond acceptors (Lipinski definition) is 5. The Balaban J connectivity index is 1.45. The summed E-state index contributed by atoms with van der Waals surface area (Å²) in [4.78, 5) is 45.1. The van der Waals surface area contributed by atoms with Crippen molar-refractivity contribution in [2.45, 2.75) is 44.8 Å². The normalized spacial score (nSPS) is 16.1. The van der Waals surface area contributed by atoms with E-state index in [-0.39, 0.29) is 17.9 Å². The number of aliphatic carboxylic acids is 1. The molecule has 2 aromatic heterocycles. The average Bonchev–Trinajstić information content (AvgIpc) is 3.58. The maximum Gasteiger partial charge on any atom is 0.326 e. The second-order valence-corrected chi connectivity index (χ2v) is 9.77. The number of imidazole rings is 1. The van der Waals surface area contributed by atoms with Gasteiger partial charge in [0.25, 0.3) is 5.56 Å². The number of aryl methyl sites for hydroxylation is 1. The Morgan fingerprint density at radius 1 is 1.16 bits per heavy atom. The SMILES string of the molecule is CCn1c(N2CCC[C@H]2C(=O)N[C@@H](Cc2ccccc2)C(=O)O)cc(=O)n2cc(-c3ccc(Cl)cc3)nc12. The lowest BCUT2D eigenvalue weighted by molar-refractivity contribution is -0.141. The van der Waals surface area contributed by atoms with Gasteiger partial charge in [0.05, 0.1) is 5.69 Å². The molecule has 0 saturated carbocycles. The minimum absolute atomic E-state index is 0.182. The maximum atomic E-state index is 13.4. The Hall–Kier alpha value is -4.11. The first-order valence-corrected chi connectivity index (χ1v) is 13.0. The molecule has 0 spiro atoms. The Morgan fingerprint density at radius 3 is 2.58 bits per heavy atom. The molecule has 3 heterocycles. The lowest BCUT2D eigenvalue weighted by atomic mass is 10.1. The maximum absolute atomic E-state index is 13.4. The first-order valence-electron chi connectivity index (χ1n) is 12.6. The summed E-state index contributed by atoms with van der Waals surface area (Å²) in [7, 11) is 0. The molecule has 38 heavy (non-hydrogen) atoms. The molecule has 1 fully saturated rings. The molecule has 1 saturated heterocycles. The van der Waals surface area contributed by atoms with Crippen molar-refractivity contribution in [1.29, 1.82) is 0 Å². The minimum Gasteiger partial charge on any atom is -0.480 e. The van der Waals surface area contributed by atoms with E-state index in [0.29, 0.717) is 41.8 Å². The Bertz CT molecular complexity index is 1530. The van der Waals surface area contributed by atoms with Crippen LogP contribution in [0.4, 0.5) is 5.82 Å². The third kappa shape index (κ3) is 5.02. The van der Waals surface area contributed by atoms with Crippen molar-refractivity contribution in [3.05, 3.63) is 87.8 Å². The van der Waals surface area contributed by atoms with Crippen LogP contribution in [0.25, 0.3) is 17.0 Å². The highest BCUT2D eigenvalue weighted by Crippen LogP contribution is 2.28. The van der Waals surface area contributed by atoms with Gasteiger partial charge in [-0.15, -0.1) is 0 Å². The van der Waals surface area contributed by atoms with Crippen LogP contribution in [-0.2, 0) is 22.6 Å². The molecule has 9 nitrogen and oxygen atoms in total. The fourth-order valence-corrected chi connectivity index (χ4v) is 5.14. The summed E-state index contributed by atoms with van der Waals surface area (Å²) in [6.45, 7) is 3.04. The number of carboxylic acids is 1. The molecule has 4 aromatic rings. The largest absolute Gasteiger partial charge is 0.480 e. The third-order valence-electron chi connectivity index (χ3n) is 6.90. The number of anilines is 1. The number of hydrogen-bond donors (Lipinski definition) is 2. The van der Waals surface area contributed by atoms with Gasteiger partial charge in [0.15, 0.2) is 0 Å². The van der Waals surface area contributed by atoms with E-state index in [4.69, 9.17) is 16.6 Å². The van der Waals surface area contributed by atoms with Gasteiger partial charge in [-0.3, -0.25) is 18.6 Å². The number of nitrogens with one attached hydrogen (secondary N) is 1. The summed E-state index contributed by atoms with van der Waals surface area (Å²) in [5.74, 6) is -0.402. The Labute approximate surface area is 224 Å². The van der Waals surface area contributed by atoms with Gasteiger partial charge < -0.3 is 15.3 Å². The summed E-state index contributed by atoms with van der Waals surface area (Å²) < 4.78 is 3.41. The van der Waals surface area contributed by atoms with E-state index in [1.54, 1.807) is 18.3 Å². The summed E-state index contributed by atoms with van der Waals surface area (Å²) >= 11 is 6.02. The molecule has 5 rings (SSSR count). The molecular formula is C28H28ClN5O4. The van der Waals surface area contributed by atoms with Crippen molar-refractivity contribution in [2.75, 3.05) is 11.4 Å². The van der Waals surface area contributed by atoms with Crippen LogP contribution < -0.4 is 15.8 Å². The van der Waals surface area contributed by atoms with Crippen LogP contribution in [0.15, 0.2) is 71.7 Å². The monoisotopic (exact) mass is 533 g/mol. The van der Waals surface area contributed by atoms with Gasteiger partial charge in [-0.1, -0.05) is 54.1 Å². The van der Waals surface area contributed by atoms with E-state index in [9.17, 15) is 19.5 Å². The zero-order valence-electron chi connectivity index (χ0n) is 20.9. The van der Waals surface area contributed by atoms with Crippen LogP contribution in [0.2, 0.25) is 5.02 Å². The summed E-state index contributed by atoms with van der Waals surface area (Å²) in [5.41, 5.74) is 2.04. The van der Waals surface area contributed by atoms with Gasteiger partial charge in [-0.05, 0) is 37.5 Å². The molecule has 0 bridgehead atoms. The van der Waals surface area contributed by atoms with Gasteiger partial charge in [0.2, 0.25) is 11.7 Å². The van der Waals surface area contributed by atoms with Crippen LogP contribution >= 0.6 is 11.6 Å². The Kier molecular flexibility index (Phi) is 7.20. The van der Waals surface area contributed by atoms with Crippen molar-refractivity contribution < 1.29 is 14.7 Å². The highest BCUT2D eigenvalue weighted by molar-refractivity contribution is 6.30. The summed E-state index contributed by atoms with van der Waals surface area (Å²) in [5, 5.41) is 13.1. The van der Waals surface area contributed by atoms with Crippen LogP contribution in [0.3, 0.4) is 0 Å². The molecule has 10 heteroatoms. The number of aromatic nitrogens is 3. The molecule has 0 unspecified atom stereocenters. The summed E-state index contributed by atoms with van der Waals surface area (Å²) in [6.07, 6.45) is 3.17. The number of halogens is 1. The molecule has 0 radical (unpaired) electrons. The molecular weight excluding hydrogens is 506 g/mol. The quantitative estimate of drug-likeness (QED) is 0.358. The van der Waals surface area contributed by atoms with Gasteiger partial charge in [0, 0.05) is 42.4 Å². The Morgan fingerprint density at radius 2 is 1.89 bits per heavy atom. The van der Waals surface area contributed by atoms with E-state index in [2.05, 4.69) is 5.32 Å². The lowest BCUT2D eigenvalue weighted by Crippen LogP contribution is -2.51. The number of carboxylic acid groups (broad SMARTS) is 1. The smallest absolute Gasteiger partial charge is 0.326 e. The van der Waals surface area contributed by atoms with Crippen LogP contribution in [0.1, 0.15) is 25.3 Å². The highest BCUT2D eigenvalue weighted by atomic mass is 35.5. The van der Waals surface area contributed by atoms with Crippen LogP contribution in [0.5, 0.6) is 0 Å². The number of carbonyl (C=O) groups is 2. The van der Waals surface area contributed by atoms with Gasteiger partial charge in [-0.2, -0.15) is 0 Å². The summed E-state index contributed by atoms with van der Waals surface area (Å²) in [6, 6.07) is 16.3. The fraction of sp³-hybridized carbons (Fsp3) is 0.286. The van der Waals surface area contributed by atoms with E-state index in [1.807, 2.05) is 58.9 Å². The van der Waals surface area contributed by atoms with Crippen molar-refractivity contribution in [1.82, 2.24) is 19.3 Å². The number of nitrogens with zero attached hydrogens (tertiary/aromatic N) is 4. The van der Waals surface area contributed by atoms with E-state index < -0.39 is 18.1 Å². The van der Waals surface area contributed by atoms with Crippen LogP contribution in [-0.4, -0.2) is 49.6 Å². The molecule has 0 aliphatic carbocycles. The van der Waals surface area contributed by atoms with Crippen molar-refractivity contribution in [3.8, 4) is 11.3 Å². The number of fused-ring (bicyclic) bond motifs is 1. The van der Waals surface area contributed by atoms with Crippen molar-refractivity contribution in [3.63, 3.8) is 0 Å². The number of rotatable bonds is 8. The van der Waals surface area contributed by atoms with Crippen LogP contribution in [0, 0.1) is 0 Å². The van der Waals surface area contributed by atoms with Crippen molar-refractivity contribution >= 4 is 35.1 Å². The second-order valence-electron chi connectivity index (χ2n) is 9.33. The van der Waals surface area contributed by atoms with E-state index >= 15 is 0 Å². The minimum atomic E-state index is -1.09. The molecule has 1 amide bonds. The van der Waals surface area contributed by atoms with Gasteiger partial charge in [-0.25, -0.2) is 9.78 Å².